The second-order valence-corrected chi connectivity index (χ2v) is 4.76. The molecule has 0 aliphatic carbocycles. The lowest BCUT2D eigenvalue weighted by atomic mass is 10.2. The number of morpholine rings is 1. The topological polar surface area (TPSA) is 64.8 Å². The fraction of sp³-hybridized carbons (Fsp3) is 0.333. The molecule has 110 valence electrons. The quantitative estimate of drug-likeness (QED) is 0.855. The number of amides is 1. The Morgan fingerprint density at radius 2 is 2.43 bits per heavy atom. The Balaban J connectivity index is 1.55. The molecule has 3 rings (SSSR count). The Bertz CT molecular complexity index is 571. The van der Waals surface area contributed by atoms with Gasteiger partial charge < -0.3 is 18.8 Å². The van der Waals surface area contributed by atoms with Crippen molar-refractivity contribution in [2.24, 2.45) is 0 Å². The summed E-state index contributed by atoms with van der Waals surface area (Å²) < 4.78 is 16.2. The van der Waals surface area contributed by atoms with Crippen LogP contribution in [0.2, 0.25) is 0 Å². The summed E-state index contributed by atoms with van der Waals surface area (Å²) in [7, 11) is 0. The molecule has 6 nitrogen and oxygen atoms in total. The summed E-state index contributed by atoms with van der Waals surface area (Å²) in [5, 5.41) is 0. The zero-order valence-corrected chi connectivity index (χ0v) is 11.5. The van der Waals surface area contributed by atoms with Crippen LogP contribution < -0.4 is 4.74 Å². The Labute approximate surface area is 122 Å². The van der Waals surface area contributed by atoms with Crippen LogP contribution in [0.3, 0.4) is 0 Å². The van der Waals surface area contributed by atoms with Crippen LogP contribution in [0.5, 0.6) is 5.75 Å². The molecule has 1 saturated heterocycles. The normalized spacial score (nSPS) is 18.5. The van der Waals surface area contributed by atoms with Gasteiger partial charge in [-0.05, 0) is 18.2 Å². The number of pyridine rings is 1. The second-order valence-electron chi connectivity index (χ2n) is 4.76. The lowest BCUT2D eigenvalue weighted by Gasteiger charge is -2.32. The van der Waals surface area contributed by atoms with E-state index in [1.165, 1.54) is 12.5 Å². The summed E-state index contributed by atoms with van der Waals surface area (Å²) in [6.45, 7) is 1.98. The van der Waals surface area contributed by atoms with Gasteiger partial charge in [-0.1, -0.05) is 0 Å². The molecule has 6 heteroatoms. The zero-order chi connectivity index (χ0) is 14.5. The molecular weight excluding hydrogens is 272 g/mol. The van der Waals surface area contributed by atoms with Crippen LogP contribution >= 0.6 is 0 Å². The smallest absolute Gasteiger partial charge is 0.257 e. The average Bonchev–Trinajstić information content (AvgIpc) is 3.08. The molecule has 0 bridgehead atoms. The van der Waals surface area contributed by atoms with Crippen LogP contribution in [0.15, 0.2) is 47.5 Å². The van der Waals surface area contributed by atoms with Gasteiger partial charge in [-0.2, -0.15) is 0 Å². The van der Waals surface area contributed by atoms with Gasteiger partial charge in [0.25, 0.3) is 5.91 Å². The molecule has 0 aromatic carbocycles. The van der Waals surface area contributed by atoms with Crippen molar-refractivity contribution in [2.75, 3.05) is 26.3 Å². The predicted molar refractivity (Wildman–Crippen MR) is 74.1 cm³/mol. The van der Waals surface area contributed by atoms with E-state index in [1.807, 2.05) is 12.1 Å². The summed E-state index contributed by atoms with van der Waals surface area (Å²) in [6.07, 6.45) is 6.15. The number of carbonyl (C=O) groups excluding carboxylic acids is 1. The van der Waals surface area contributed by atoms with Gasteiger partial charge in [0.2, 0.25) is 0 Å². The predicted octanol–water partition coefficient (Wildman–Crippen LogP) is 1.59. The lowest BCUT2D eigenvalue weighted by molar-refractivity contribution is -0.0401. The molecule has 0 N–H and O–H groups in total. The average molecular weight is 288 g/mol. The Kier molecular flexibility index (Phi) is 4.16. The summed E-state index contributed by atoms with van der Waals surface area (Å²) >= 11 is 0. The van der Waals surface area contributed by atoms with Crippen molar-refractivity contribution in [3.05, 3.63) is 48.7 Å². The van der Waals surface area contributed by atoms with E-state index >= 15 is 0 Å². The van der Waals surface area contributed by atoms with Crippen molar-refractivity contribution in [3.63, 3.8) is 0 Å². The van der Waals surface area contributed by atoms with Crippen molar-refractivity contribution in [2.45, 2.75) is 6.10 Å². The number of furan rings is 1. The van der Waals surface area contributed by atoms with Gasteiger partial charge in [0, 0.05) is 12.7 Å². The number of hydrogen-bond donors (Lipinski definition) is 0. The number of rotatable bonds is 4. The molecule has 21 heavy (non-hydrogen) atoms. The second kappa shape index (κ2) is 6.41. The van der Waals surface area contributed by atoms with Crippen LogP contribution in [0, 0.1) is 0 Å². The highest BCUT2D eigenvalue weighted by Gasteiger charge is 2.26. The van der Waals surface area contributed by atoms with Gasteiger partial charge in [0.05, 0.1) is 31.2 Å². The first-order valence-electron chi connectivity index (χ1n) is 6.79. The minimum atomic E-state index is -0.144. The largest absolute Gasteiger partial charge is 0.489 e. The van der Waals surface area contributed by atoms with Gasteiger partial charge in [-0.15, -0.1) is 0 Å². The van der Waals surface area contributed by atoms with Gasteiger partial charge in [-0.25, -0.2) is 0 Å². The molecule has 1 fully saturated rings. The van der Waals surface area contributed by atoms with Crippen molar-refractivity contribution in [1.29, 1.82) is 0 Å². The first kappa shape index (κ1) is 13.6. The van der Waals surface area contributed by atoms with Gasteiger partial charge in [-0.3, -0.25) is 9.78 Å². The minimum absolute atomic E-state index is 0.0431. The molecule has 0 radical (unpaired) electrons. The van der Waals surface area contributed by atoms with Crippen molar-refractivity contribution < 1.29 is 18.7 Å². The van der Waals surface area contributed by atoms with Crippen molar-refractivity contribution in [1.82, 2.24) is 9.88 Å². The summed E-state index contributed by atoms with van der Waals surface area (Å²) in [5.74, 6) is 0.651. The molecule has 0 spiro atoms. The first-order valence-corrected chi connectivity index (χ1v) is 6.79. The molecule has 0 saturated carbocycles. The van der Waals surface area contributed by atoms with Crippen molar-refractivity contribution >= 4 is 5.91 Å². The minimum Gasteiger partial charge on any atom is -0.489 e. The maximum absolute atomic E-state index is 12.2. The van der Waals surface area contributed by atoms with E-state index in [0.29, 0.717) is 37.6 Å². The van der Waals surface area contributed by atoms with E-state index < -0.39 is 0 Å². The standard InChI is InChI=1S/C15H16N2O4/c18-15(12-3-6-19-10-12)17-5-7-20-14(9-17)11-21-13-2-1-4-16-8-13/h1-4,6,8,10,14H,5,7,9,11H2. The van der Waals surface area contributed by atoms with Crippen LogP contribution in [0.4, 0.5) is 0 Å². The van der Waals surface area contributed by atoms with Gasteiger partial charge in [0.15, 0.2) is 0 Å². The Morgan fingerprint density at radius 1 is 1.48 bits per heavy atom. The van der Waals surface area contributed by atoms with Gasteiger partial charge >= 0.3 is 0 Å². The van der Waals surface area contributed by atoms with Crippen LogP contribution in [0.1, 0.15) is 10.4 Å². The monoisotopic (exact) mass is 288 g/mol. The molecule has 1 aliphatic heterocycles. The summed E-state index contributed by atoms with van der Waals surface area (Å²) in [5.41, 5.74) is 0.559. The molecule has 1 unspecified atom stereocenters. The zero-order valence-electron chi connectivity index (χ0n) is 11.5. The van der Waals surface area contributed by atoms with Crippen LogP contribution in [-0.4, -0.2) is 48.2 Å². The number of nitrogens with zero attached hydrogens (tertiary/aromatic N) is 2. The fourth-order valence-corrected chi connectivity index (χ4v) is 2.20. The third-order valence-corrected chi connectivity index (χ3v) is 3.26. The van der Waals surface area contributed by atoms with Crippen LogP contribution in [-0.2, 0) is 4.74 Å². The molecular formula is C15H16N2O4. The van der Waals surface area contributed by atoms with E-state index in [-0.39, 0.29) is 12.0 Å². The third-order valence-electron chi connectivity index (χ3n) is 3.26. The SMILES string of the molecule is O=C(c1ccoc1)N1CCOC(COc2cccnc2)C1. The number of carbonyl (C=O) groups is 1. The molecule has 2 aromatic heterocycles. The molecule has 3 heterocycles. The molecule has 2 aromatic rings. The third kappa shape index (κ3) is 3.41. The van der Waals surface area contributed by atoms with Crippen LogP contribution in [0.25, 0.3) is 0 Å². The summed E-state index contributed by atoms with van der Waals surface area (Å²) in [6, 6.07) is 5.31. The highest BCUT2D eigenvalue weighted by Crippen LogP contribution is 2.13. The highest BCUT2D eigenvalue weighted by molar-refractivity contribution is 5.93. The Morgan fingerprint density at radius 3 is 3.19 bits per heavy atom. The molecule has 1 amide bonds. The van der Waals surface area contributed by atoms with E-state index in [4.69, 9.17) is 13.9 Å². The maximum atomic E-state index is 12.2. The number of ether oxygens (including phenoxy) is 2. The maximum Gasteiger partial charge on any atom is 0.257 e. The number of aromatic nitrogens is 1. The molecule has 1 atom stereocenters. The van der Waals surface area contributed by atoms with E-state index in [0.717, 1.165) is 0 Å². The first-order chi connectivity index (χ1) is 10.3. The van der Waals surface area contributed by atoms with E-state index in [1.54, 1.807) is 23.4 Å². The molecule has 1 aliphatic rings. The van der Waals surface area contributed by atoms with E-state index in [2.05, 4.69) is 4.98 Å². The Hall–Kier alpha value is -2.34. The van der Waals surface area contributed by atoms with Gasteiger partial charge in [0.1, 0.15) is 24.7 Å². The summed E-state index contributed by atoms with van der Waals surface area (Å²) in [4.78, 5) is 18.0. The fourth-order valence-electron chi connectivity index (χ4n) is 2.20. The lowest BCUT2D eigenvalue weighted by Crippen LogP contribution is -2.47. The highest BCUT2D eigenvalue weighted by atomic mass is 16.5. The number of hydrogen-bond acceptors (Lipinski definition) is 5. The van der Waals surface area contributed by atoms with Crippen molar-refractivity contribution in [3.8, 4) is 5.75 Å². The van der Waals surface area contributed by atoms with E-state index in [9.17, 15) is 4.79 Å².